The molecular formula is C36H53N7O. The van der Waals surface area contributed by atoms with Crippen molar-refractivity contribution in [1.29, 1.82) is 0 Å². The first-order chi connectivity index (χ1) is 21.4. The lowest BCUT2D eigenvalue weighted by Crippen LogP contribution is -2.44. The molecule has 1 aromatic carbocycles. The molecule has 1 saturated heterocycles. The molecule has 1 fully saturated rings. The molecule has 0 amide bonds. The molecule has 0 unspecified atom stereocenters. The second-order valence-corrected chi connectivity index (χ2v) is 12.1. The SMILES string of the molecule is C=C/C(=C\C=C/CC)CN1CCc2nc(-c3ccc(N4CCN(C)CC4)cc3)nc(NCCCN(C)CCC(=O)CC)c2C1. The van der Waals surface area contributed by atoms with Crippen LogP contribution < -0.4 is 10.2 Å². The number of piperazine rings is 1. The van der Waals surface area contributed by atoms with Crippen LogP contribution in [0, 0.1) is 0 Å². The average Bonchev–Trinajstić information content (AvgIpc) is 3.05. The molecule has 1 aromatic heterocycles. The van der Waals surface area contributed by atoms with Crippen molar-refractivity contribution in [3.8, 4) is 11.4 Å². The summed E-state index contributed by atoms with van der Waals surface area (Å²) < 4.78 is 0. The van der Waals surface area contributed by atoms with Crippen molar-refractivity contribution in [3.63, 3.8) is 0 Å². The standard InChI is InChI=1S/C36H53N7O/c1-6-9-10-12-29(7-2)27-42-22-18-34-33(28-42)36(37-19-11-20-40(4)21-17-32(44)8-3)39-35(38-34)30-13-15-31(16-14-30)43-25-23-41(5)24-26-43/h7,9-10,12-16H,2,6,8,11,17-28H2,1,3-5H3,(H,37,38,39)/b10-9-,29-12+. The van der Waals surface area contributed by atoms with Gasteiger partial charge in [0, 0.05) is 95.0 Å². The molecule has 1 N–H and O–H groups in total. The first kappa shape index (κ1) is 33.6. The van der Waals surface area contributed by atoms with Gasteiger partial charge in [-0.25, -0.2) is 9.97 Å². The molecule has 44 heavy (non-hydrogen) atoms. The summed E-state index contributed by atoms with van der Waals surface area (Å²) in [6, 6.07) is 8.78. The van der Waals surface area contributed by atoms with Crippen LogP contribution in [-0.2, 0) is 17.8 Å². The Morgan fingerprint density at radius 1 is 1.07 bits per heavy atom. The van der Waals surface area contributed by atoms with Gasteiger partial charge in [-0.15, -0.1) is 0 Å². The van der Waals surface area contributed by atoms with E-state index in [-0.39, 0.29) is 0 Å². The molecule has 0 radical (unpaired) electrons. The predicted molar refractivity (Wildman–Crippen MR) is 184 cm³/mol. The van der Waals surface area contributed by atoms with Crippen LogP contribution in [0.4, 0.5) is 11.5 Å². The zero-order chi connectivity index (χ0) is 31.3. The van der Waals surface area contributed by atoms with Gasteiger partial charge < -0.3 is 20.0 Å². The highest BCUT2D eigenvalue weighted by Crippen LogP contribution is 2.29. The third kappa shape index (κ3) is 9.84. The topological polar surface area (TPSA) is 67.8 Å². The van der Waals surface area contributed by atoms with E-state index in [0.29, 0.717) is 18.6 Å². The van der Waals surface area contributed by atoms with E-state index >= 15 is 0 Å². The molecule has 2 aliphatic rings. The quantitative estimate of drug-likeness (QED) is 0.202. The summed E-state index contributed by atoms with van der Waals surface area (Å²) >= 11 is 0. The van der Waals surface area contributed by atoms with E-state index in [9.17, 15) is 4.79 Å². The van der Waals surface area contributed by atoms with Crippen molar-refractivity contribution in [2.75, 3.05) is 83.2 Å². The van der Waals surface area contributed by atoms with E-state index in [0.717, 1.165) is 108 Å². The Balaban J connectivity index is 1.49. The second kappa shape index (κ2) is 17.2. The number of nitrogens with one attached hydrogen (secondary N) is 1. The van der Waals surface area contributed by atoms with Crippen molar-refractivity contribution in [1.82, 2.24) is 24.7 Å². The van der Waals surface area contributed by atoms with E-state index in [1.165, 1.54) is 16.8 Å². The molecule has 2 aliphatic heterocycles. The third-order valence-corrected chi connectivity index (χ3v) is 8.66. The Bertz CT molecular complexity index is 1280. The van der Waals surface area contributed by atoms with Crippen LogP contribution >= 0.6 is 0 Å². The molecule has 4 rings (SSSR count). The number of likely N-dealkylation sites (N-methyl/N-ethyl adjacent to an activating group) is 1. The van der Waals surface area contributed by atoms with Gasteiger partial charge in [0.1, 0.15) is 11.6 Å². The molecule has 0 atom stereocenters. The van der Waals surface area contributed by atoms with Gasteiger partial charge in [-0.2, -0.15) is 0 Å². The Kier molecular flexibility index (Phi) is 13.1. The number of rotatable bonds is 16. The number of aromatic nitrogens is 2. The number of Topliss-reactive ketones (excluding diaryl/α,β-unsaturated/α-hetero) is 1. The highest BCUT2D eigenvalue weighted by Gasteiger charge is 2.23. The molecule has 8 nitrogen and oxygen atoms in total. The summed E-state index contributed by atoms with van der Waals surface area (Å²) in [4.78, 5) is 31.5. The average molecular weight is 600 g/mol. The maximum atomic E-state index is 11.7. The van der Waals surface area contributed by atoms with Gasteiger partial charge in [-0.1, -0.05) is 44.7 Å². The summed E-state index contributed by atoms with van der Waals surface area (Å²) in [6.07, 6.45) is 12.6. The fraction of sp³-hybridized carbons (Fsp3) is 0.528. The molecule has 0 bridgehead atoms. The molecule has 238 valence electrons. The summed E-state index contributed by atoms with van der Waals surface area (Å²) in [5, 5.41) is 3.68. The molecule has 2 aromatic rings. The van der Waals surface area contributed by atoms with Gasteiger partial charge in [0.2, 0.25) is 0 Å². The number of ketones is 1. The number of carbonyl (C=O) groups excluding carboxylic acids is 1. The lowest BCUT2D eigenvalue weighted by atomic mass is 10.0. The van der Waals surface area contributed by atoms with E-state index in [2.05, 4.69) is 95.0 Å². The normalized spacial score (nSPS) is 16.5. The number of benzene rings is 1. The lowest BCUT2D eigenvalue weighted by Gasteiger charge is -2.34. The van der Waals surface area contributed by atoms with E-state index in [4.69, 9.17) is 9.97 Å². The van der Waals surface area contributed by atoms with Crippen LogP contribution in [0.5, 0.6) is 0 Å². The van der Waals surface area contributed by atoms with Gasteiger partial charge >= 0.3 is 0 Å². The van der Waals surface area contributed by atoms with E-state index in [1.807, 2.05) is 13.0 Å². The van der Waals surface area contributed by atoms with Crippen LogP contribution in [0.15, 0.2) is 60.7 Å². The molecule has 8 heteroatoms. The number of nitrogens with zero attached hydrogens (tertiary/aromatic N) is 6. The van der Waals surface area contributed by atoms with E-state index in [1.54, 1.807) is 0 Å². The number of carbonyl (C=O) groups is 1. The van der Waals surface area contributed by atoms with E-state index < -0.39 is 0 Å². The Morgan fingerprint density at radius 2 is 1.84 bits per heavy atom. The van der Waals surface area contributed by atoms with Crippen molar-refractivity contribution in [2.24, 2.45) is 0 Å². The maximum Gasteiger partial charge on any atom is 0.161 e. The zero-order valence-corrected chi connectivity index (χ0v) is 27.5. The molecule has 0 saturated carbocycles. The smallest absolute Gasteiger partial charge is 0.161 e. The minimum absolute atomic E-state index is 0.326. The Hall–Kier alpha value is -3.33. The van der Waals surface area contributed by atoms with Gasteiger partial charge in [0.25, 0.3) is 0 Å². The summed E-state index contributed by atoms with van der Waals surface area (Å²) in [5.41, 5.74) is 5.87. The van der Waals surface area contributed by atoms with Crippen molar-refractivity contribution < 1.29 is 4.79 Å². The number of anilines is 2. The fourth-order valence-electron chi connectivity index (χ4n) is 5.70. The third-order valence-electron chi connectivity index (χ3n) is 8.66. The number of hydrogen-bond donors (Lipinski definition) is 1. The molecule has 0 aliphatic carbocycles. The lowest BCUT2D eigenvalue weighted by molar-refractivity contribution is -0.119. The zero-order valence-electron chi connectivity index (χ0n) is 27.5. The Labute approximate surface area is 265 Å². The van der Waals surface area contributed by atoms with Crippen LogP contribution in [-0.4, -0.2) is 103 Å². The summed E-state index contributed by atoms with van der Waals surface area (Å²) in [7, 11) is 4.28. The van der Waals surface area contributed by atoms with Crippen LogP contribution in [0.25, 0.3) is 11.4 Å². The van der Waals surface area contributed by atoms with Crippen LogP contribution in [0.3, 0.4) is 0 Å². The largest absolute Gasteiger partial charge is 0.370 e. The molecular weight excluding hydrogens is 546 g/mol. The fourth-order valence-corrected chi connectivity index (χ4v) is 5.70. The van der Waals surface area contributed by atoms with Gasteiger partial charge in [-0.3, -0.25) is 9.69 Å². The Morgan fingerprint density at radius 3 is 2.55 bits per heavy atom. The van der Waals surface area contributed by atoms with Crippen LogP contribution in [0.1, 0.15) is 50.8 Å². The first-order valence-electron chi connectivity index (χ1n) is 16.5. The van der Waals surface area contributed by atoms with Gasteiger partial charge in [-0.05, 0) is 63.3 Å². The number of fused-ring (bicyclic) bond motifs is 1. The summed E-state index contributed by atoms with van der Waals surface area (Å²) in [6.45, 7) is 17.6. The first-order valence-corrected chi connectivity index (χ1v) is 16.5. The summed E-state index contributed by atoms with van der Waals surface area (Å²) in [5.74, 6) is 2.06. The number of hydrogen-bond acceptors (Lipinski definition) is 8. The monoisotopic (exact) mass is 599 g/mol. The van der Waals surface area contributed by atoms with Crippen molar-refractivity contribution in [3.05, 3.63) is 72.0 Å². The highest BCUT2D eigenvalue weighted by atomic mass is 16.1. The maximum absolute atomic E-state index is 11.7. The van der Waals surface area contributed by atoms with Crippen LogP contribution in [0.2, 0.25) is 0 Å². The van der Waals surface area contributed by atoms with Gasteiger partial charge in [0.05, 0.1) is 5.69 Å². The minimum Gasteiger partial charge on any atom is -0.370 e. The van der Waals surface area contributed by atoms with Crippen molar-refractivity contribution >= 4 is 17.3 Å². The molecule has 0 spiro atoms. The minimum atomic E-state index is 0.326. The van der Waals surface area contributed by atoms with Crippen molar-refractivity contribution in [2.45, 2.75) is 52.5 Å². The molecule has 3 heterocycles. The highest BCUT2D eigenvalue weighted by molar-refractivity contribution is 5.78. The number of allylic oxidation sites excluding steroid dienone is 3. The van der Waals surface area contributed by atoms with Gasteiger partial charge in [0.15, 0.2) is 5.82 Å². The predicted octanol–water partition coefficient (Wildman–Crippen LogP) is 5.44. The second-order valence-electron chi connectivity index (χ2n) is 12.1.